The van der Waals surface area contributed by atoms with Gasteiger partial charge in [-0.25, -0.2) is 4.39 Å². The van der Waals surface area contributed by atoms with Crippen LogP contribution < -0.4 is 5.32 Å². The van der Waals surface area contributed by atoms with E-state index in [1.54, 1.807) is 23.9 Å². The van der Waals surface area contributed by atoms with E-state index < -0.39 is 0 Å². The lowest BCUT2D eigenvalue weighted by atomic mass is 9.79. The highest BCUT2D eigenvalue weighted by Crippen LogP contribution is 2.45. The van der Waals surface area contributed by atoms with Gasteiger partial charge in [0.25, 0.3) is 0 Å². The smallest absolute Gasteiger partial charge is 0.171 e. The second-order valence-corrected chi connectivity index (χ2v) is 7.70. The third-order valence-electron chi connectivity index (χ3n) is 4.49. The third kappa shape index (κ3) is 2.39. The Hall–Kier alpha value is -1.40. The molecule has 23 heavy (non-hydrogen) atoms. The number of thioether (sulfide) groups is 1. The highest BCUT2D eigenvalue weighted by Gasteiger charge is 2.41. The van der Waals surface area contributed by atoms with E-state index in [0.29, 0.717) is 34.2 Å². The quantitative estimate of drug-likeness (QED) is 0.793. The number of Topliss-reactive ketones (excluding diaryl/α,β-unsaturated/α-hetero) is 2. The molecule has 0 bridgehead atoms. The van der Waals surface area contributed by atoms with Gasteiger partial charge in [-0.3, -0.25) is 9.59 Å². The highest BCUT2D eigenvalue weighted by atomic mass is 79.9. The lowest BCUT2D eigenvalue weighted by Gasteiger charge is -2.33. The molecule has 0 saturated heterocycles. The number of ketones is 2. The molecule has 3 aliphatic rings. The fourth-order valence-electron chi connectivity index (χ4n) is 3.50. The number of carbonyl (C=O) groups excluding carboxylic acids is 2. The van der Waals surface area contributed by atoms with Gasteiger partial charge in [0.1, 0.15) is 5.82 Å². The maximum absolute atomic E-state index is 13.6. The third-order valence-corrected chi connectivity index (χ3v) is 6.06. The standard InChI is InChI=1S/C17H13BrFNO2S/c18-9-5-8(1-2-10(9)19)15-16-11(3-4-13(16)21)20-12-6-23-7-14(22)17(12)15/h1-2,5,15,20H,3-4,6-7H2. The summed E-state index contributed by atoms with van der Waals surface area (Å²) in [5, 5.41) is 3.31. The zero-order chi connectivity index (χ0) is 16.1. The number of hydrogen-bond donors (Lipinski definition) is 1. The van der Waals surface area contributed by atoms with E-state index in [-0.39, 0.29) is 23.3 Å². The highest BCUT2D eigenvalue weighted by molar-refractivity contribution is 9.10. The van der Waals surface area contributed by atoms with Gasteiger partial charge in [-0.05, 0) is 40.0 Å². The summed E-state index contributed by atoms with van der Waals surface area (Å²) in [7, 11) is 0. The van der Waals surface area contributed by atoms with Crippen LogP contribution in [0.25, 0.3) is 0 Å². The van der Waals surface area contributed by atoms with Crippen LogP contribution in [0.1, 0.15) is 24.3 Å². The van der Waals surface area contributed by atoms with Gasteiger partial charge >= 0.3 is 0 Å². The topological polar surface area (TPSA) is 46.2 Å². The van der Waals surface area contributed by atoms with E-state index in [0.717, 1.165) is 22.7 Å². The van der Waals surface area contributed by atoms with Crippen molar-refractivity contribution in [2.75, 3.05) is 11.5 Å². The number of nitrogens with one attached hydrogen (secondary N) is 1. The van der Waals surface area contributed by atoms with Gasteiger partial charge in [0.05, 0.1) is 10.2 Å². The molecule has 0 amide bonds. The lowest BCUT2D eigenvalue weighted by Crippen LogP contribution is -2.34. The number of allylic oxidation sites excluding steroid dienone is 3. The minimum absolute atomic E-state index is 0.0560. The van der Waals surface area contributed by atoms with Gasteiger partial charge in [0, 0.05) is 40.6 Å². The van der Waals surface area contributed by atoms with Crippen LogP contribution in [0.4, 0.5) is 4.39 Å². The molecule has 0 fully saturated rings. The largest absolute Gasteiger partial charge is 0.361 e. The predicted octanol–water partition coefficient (Wildman–Crippen LogP) is 3.46. The van der Waals surface area contributed by atoms with Gasteiger partial charge < -0.3 is 5.32 Å². The van der Waals surface area contributed by atoms with Gasteiger partial charge in [0.15, 0.2) is 11.6 Å². The Morgan fingerprint density at radius 3 is 2.65 bits per heavy atom. The number of benzene rings is 1. The fraction of sp³-hybridized carbons (Fsp3) is 0.294. The van der Waals surface area contributed by atoms with Crippen LogP contribution in [0, 0.1) is 5.82 Å². The van der Waals surface area contributed by atoms with Crippen LogP contribution >= 0.6 is 27.7 Å². The van der Waals surface area contributed by atoms with Gasteiger partial charge in [-0.2, -0.15) is 0 Å². The van der Waals surface area contributed by atoms with Crippen LogP contribution in [-0.4, -0.2) is 23.1 Å². The van der Waals surface area contributed by atoms with E-state index >= 15 is 0 Å². The normalized spacial score (nSPS) is 23.8. The molecule has 0 spiro atoms. The summed E-state index contributed by atoms with van der Waals surface area (Å²) in [5.41, 5.74) is 3.98. The first-order valence-corrected chi connectivity index (χ1v) is 9.33. The minimum Gasteiger partial charge on any atom is -0.361 e. The average Bonchev–Trinajstić information content (AvgIpc) is 2.90. The van der Waals surface area contributed by atoms with Gasteiger partial charge in [-0.15, -0.1) is 11.8 Å². The number of hydrogen-bond acceptors (Lipinski definition) is 4. The van der Waals surface area contributed by atoms with Crippen molar-refractivity contribution < 1.29 is 14.0 Å². The van der Waals surface area contributed by atoms with Crippen molar-refractivity contribution in [3.05, 3.63) is 56.6 Å². The Morgan fingerprint density at radius 2 is 1.87 bits per heavy atom. The molecular weight excluding hydrogens is 381 g/mol. The number of carbonyl (C=O) groups is 2. The van der Waals surface area contributed by atoms with Gasteiger partial charge in [0.2, 0.25) is 0 Å². The van der Waals surface area contributed by atoms with Crippen molar-refractivity contribution in [1.29, 1.82) is 0 Å². The molecule has 0 radical (unpaired) electrons. The molecular formula is C17H13BrFNO2S. The molecule has 2 aliphatic heterocycles. The molecule has 2 heterocycles. The molecule has 1 aromatic rings. The molecule has 0 aromatic heterocycles. The second kappa shape index (κ2) is 5.60. The molecule has 1 N–H and O–H groups in total. The predicted molar refractivity (Wildman–Crippen MR) is 90.6 cm³/mol. The Bertz CT molecular complexity index is 815. The Kier molecular flexibility index (Phi) is 3.69. The Labute approximate surface area is 145 Å². The van der Waals surface area contributed by atoms with Crippen LogP contribution in [-0.2, 0) is 9.59 Å². The number of dihydropyridines is 1. The van der Waals surface area contributed by atoms with Crippen LogP contribution in [0.3, 0.4) is 0 Å². The van der Waals surface area contributed by atoms with Crippen molar-refractivity contribution >= 4 is 39.3 Å². The van der Waals surface area contributed by atoms with Crippen molar-refractivity contribution in [2.24, 2.45) is 0 Å². The number of rotatable bonds is 1. The van der Waals surface area contributed by atoms with E-state index in [4.69, 9.17) is 0 Å². The van der Waals surface area contributed by atoms with Crippen molar-refractivity contribution in [3.63, 3.8) is 0 Å². The van der Waals surface area contributed by atoms with E-state index in [1.807, 2.05) is 0 Å². The van der Waals surface area contributed by atoms with Crippen LogP contribution in [0.5, 0.6) is 0 Å². The summed E-state index contributed by atoms with van der Waals surface area (Å²) in [5.74, 6) is 0.577. The maximum Gasteiger partial charge on any atom is 0.171 e. The van der Waals surface area contributed by atoms with Crippen LogP contribution in [0.15, 0.2) is 45.2 Å². The Morgan fingerprint density at radius 1 is 1.09 bits per heavy atom. The molecule has 118 valence electrons. The summed E-state index contributed by atoms with van der Waals surface area (Å²) >= 11 is 4.79. The van der Waals surface area contributed by atoms with Crippen LogP contribution in [0.2, 0.25) is 0 Å². The fourth-order valence-corrected chi connectivity index (χ4v) is 4.77. The molecule has 1 unspecified atom stereocenters. The van der Waals surface area contributed by atoms with Crippen molar-refractivity contribution in [2.45, 2.75) is 18.8 Å². The van der Waals surface area contributed by atoms with Crippen molar-refractivity contribution in [3.8, 4) is 0 Å². The summed E-state index contributed by atoms with van der Waals surface area (Å²) in [6, 6.07) is 4.73. The molecule has 1 aliphatic carbocycles. The SMILES string of the molecule is O=C1CCC2=C1C(c1ccc(F)c(Br)c1)C1=C(CSCC1=O)N2. The molecule has 4 rings (SSSR count). The average molecular weight is 394 g/mol. The summed E-state index contributed by atoms with van der Waals surface area (Å²) in [4.78, 5) is 24.9. The first kappa shape index (κ1) is 15.1. The zero-order valence-corrected chi connectivity index (χ0v) is 14.5. The Balaban J connectivity index is 1.91. The molecule has 0 saturated carbocycles. The molecule has 3 nitrogen and oxygen atoms in total. The first-order valence-electron chi connectivity index (χ1n) is 7.38. The minimum atomic E-state index is -0.374. The molecule has 1 atom stereocenters. The lowest BCUT2D eigenvalue weighted by molar-refractivity contribution is -0.115. The monoisotopic (exact) mass is 393 g/mol. The summed E-state index contributed by atoms with van der Waals surface area (Å²) < 4.78 is 13.9. The van der Waals surface area contributed by atoms with Gasteiger partial charge in [-0.1, -0.05) is 6.07 Å². The van der Waals surface area contributed by atoms with E-state index in [1.165, 1.54) is 6.07 Å². The zero-order valence-electron chi connectivity index (χ0n) is 12.1. The van der Waals surface area contributed by atoms with E-state index in [9.17, 15) is 14.0 Å². The number of halogens is 2. The summed E-state index contributed by atoms with van der Waals surface area (Å²) in [6.45, 7) is 0. The first-order chi connectivity index (χ1) is 11.1. The summed E-state index contributed by atoms with van der Waals surface area (Å²) in [6.07, 6.45) is 1.15. The van der Waals surface area contributed by atoms with Crippen molar-refractivity contribution in [1.82, 2.24) is 5.32 Å². The molecule has 6 heteroatoms. The molecule has 1 aromatic carbocycles. The van der Waals surface area contributed by atoms with E-state index in [2.05, 4.69) is 21.2 Å². The second-order valence-electron chi connectivity index (χ2n) is 5.86. The maximum atomic E-state index is 13.6.